The van der Waals surface area contributed by atoms with Gasteiger partial charge in [-0.2, -0.15) is 5.26 Å². The number of carbonyl (C=O) groups excluding carboxylic acids is 1. The molecule has 0 aliphatic heterocycles. The molecule has 0 unspecified atom stereocenters. The fourth-order valence-corrected chi connectivity index (χ4v) is 1.44. The molecule has 0 atom stereocenters. The molecule has 100 valence electrons. The van der Waals surface area contributed by atoms with Crippen LogP contribution in [0.1, 0.15) is 25.3 Å². The molecule has 0 saturated carbocycles. The van der Waals surface area contributed by atoms with E-state index in [9.17, 15) is 4.79 Å². The van der Waals surface area contributed by atoms with Crippen LogP contribution in [0.5, 0.6) is 5.75 Å². The van der Waals surface area contributed by atoms with Gasteiger partial charge < -0.3 is 9.47 Å². The maximum absolute atomic E-state index is 11.3. The van der Waals surface area contributed by atoms with Crippen molar-refractivity contribution in [2.45, 2.75) is 19.8 Å². The first kappa shape index (κ1) is 14.8. The zero-order valence-electron chi connectivity index (χ0n) is 11.2. The summed E-state index contributed by atoms with van der Waals surface area (Å²) in [6.07, 6.45) is 3.55. The van der Waals surface area contributed by atoms with Crippen LogP contribution in [0.25, 0.3) is 6.08 Å². The van der Waals surface area contributed by atoms with E-state index >= 15 is 0 Å². The summed E-state index contributed by atoms with van der Waals surface area (Å²) < 4.78 is 10.1. The Kier molecular flexibility index (Phi) is 6.17. The Morgan fingerprint density at radius 2 is 2.26 bits per heavy atom. The molecule has 19 heavy (non-hydrogen) atoms. The third-order valence-electron chi connectivity index (χ3n) is 2.46. The monoisotopic (exact) mass is 259 g/mol. The Bertz CT molecular complexity index is 500. The molecule has 0 aromatic heterocycles. The van der Waals surface area contributed by atoms with Crippen LogP contribution in [0.15, 0.2) is 29.8 Å². The van der Waals surface area contributed by atoms with E-state index < -0.39 is 5.97 Å². The first-order chi connectivity index (χ1) is 9.21. The van der Waals surface area contributed by atoms with Gasteiger partial charge in [0.15, 0.2) is 0 Å². The number of esters is 1. The first-order valence-corrected chi connectivity index (χ1v) is 6.14. The van der Waals surface area contributed by atoms with E-state index in [1.54, 1.807) is 12.1 Å². The second kappa shape index (κ2) is 7.93. The summed E-state index contributed by atoms with van der Waals surface area (Å²) in [5.41, 5.74) is 0.698. The highest BCUT2D eigenvalue weighted by atomic mass is 16.5. The van der Waals surface area contributed by atoms with Crippen molar-refractivity contribution >= 4 is 12.0 Å². The van der Waals surface area contributed by atoms with Gasteiger partial charge in [-0.25, -0.2) is 4.79 Å². The molecule has 1 aromatic carbocycles. The highest BCUT2D eigenvalue weighted by Gasteiger charge is 2.08. The smallest absolute Gasteiger partial charge is 0.348 e. The van der Waals surface area contributed by atoms with Gasteiger partial charge in [0.05, 0.1) is 13.7 Å². The van der Waals surface area contributed by atoms with Crippen LogP contribution in [0, 0.1) is 11.3 Å². The van der Waals surface area contributed by atoms with Gasteiger partial charge in [0.2, 0.25) is 0 Å². The van der Waals surface area contributed by atoms with Crippen LogP contribution in [0.4, 0.5) is 0 Å². The lowest BCUT2D eigenvalue weighted by atomic mass is 10.1. The maximum Gasteiger partial charge on any atom is 0.348 e. The second-order valence-electron chi connectivity index (χ2n) is 3.94. The zero-order valence-corrected chi connectivity index (χ0v) is 11.2. The number of hydrogen-bond donors (Lipinski definition) is 0. The molecular formula is C15H17NO3. The van der Waals surface area contributed by atoms with Gasteiger partial charge in [0.25, 0.3) is 0 Å². The number of nitrogens with zero attached hydrogens (tertiary/aromatic N) is 1. The molecule has 0 spiro atoms. The quantitative estimate of drug-likeness (QED) is 0.341. The summed E-state index contributed by atoms with van der Waals surface area (Å²) in [5.74, 6) is 0.0872. The van der Waals surface area contributed by atoms with Gasteiger partial charge >= 0.3 is 5.97 Å². The van der Waals surface area contributed by atoms with Gasteiger partial charge in [0, 0.05) is 0 Å². The van der Waals surface area contributed by atoms with E-state index in [1.165, 1.54) is 13.2 Å². The van der Waals surface area contributed by atoms with Crippen LogP contribution in [-0.2, 0) is 9.53 Å². The van der Waals surface area contributed by atoms with Crippen LogP contribution in [0.2, 0.25) is 0 Å². The third-order valence-corrected chi connectivity index (χ3v) is 2.46. The number of hydrogen-bond acceptors (Lipinski definition) is 4. The lowest BCUT2D eigenvalue weighted by Gasteiger charge is -2.05. The summed E-state index contributed by atoms with van der Waals surface area (Å²) in [6, 6.07) is 9.07. The lowest BCUT2D eigenvalue weighted by molar-refractivity contribution is -0.135. The molecule has 0 heterocycles. The number of carbonyl (C=O) groups is 1. The zero-order chi connectivity index (χ0) is 14.1. The largest absolute Gasteiger partial charge is 0.494 e. The molecular weight excluding hydrogens is 242 g/mol. The fourth-order valence-electron chi connectivity index (χ4n) is 1.44. The molecule has 4 nitrogen and oxygen atoms in total. The van der Waals surface area contributed by atoms with E-state index in [4.69, 9.17) is 10.00 Å². The summed E-state index contributed by atoms with van der Waals surface area (Å²) in [7, 11) is 1.25. The van der Waals surface area contributed by atoms with Gasteiger partial charge in [-0.05, 0) is 30.2 Å². The van der Waals surface area contributed by atoms with Crippen molar-refractivity contribution in [2.24, 2.45) is 0 Å². The summed E-state index contributed by atoms with van der Waals surface area (Å²) in [5, 5.41) is 8.88. The van der Waals surface area contributed by atoms with Crippen molar-refractivity contribution in [2.75, 3.05) is 13.7 Å². The van der Waals surface area contributed by atoms with Crippen molar-refractivity contribution in [3.8, 4) is 11.8 Å². The lowest BCUT2D eigenvalue weighted by Crippen LogP contribution is -2.02. The molecule has 4 heteroatoms. The van der Waals surface area contributed by atoms with Gasteiger partial charge in [-0.1, -0.05) is 25.5 Å². The number of benzene rings is 1. The molecule has 0 N–H and O–H groups in total. The van der Waals surface area contributed by atoms with Crippen molar-refractivity contribution < 1.29 is 14.3 Å². The van der Waals surface area contributed by atoms with E-state index in [2.05, 4.69) is 11.7 Å². The molecule has 0 amide bonds. The van der Waals surface area contributed by atoms with E-state index in [0.717, 1.165) is 24.2 Å². The highest BCUT2D eigenvalue weighted by molar-refractivity contribution is 5.97. The van der Waals surface area contributed by atoms with E-state index in [1.807, 2.05) is 18.2 Å². The average molecular weight is 259 g/mol. The number of ether oxygens (including phenoxy) is 2. The molecule has 1 aromatic rings. The molecule has 0 aliphatic rings. The van der Waals surface area contributed by atoms with Crippen molar-refractivity contribution in [1.29, 1.82) is 5.26 Å². The average Bonchev–Trinajstić information content (AvgIpc) is 2.44. The van der Waals surface area contributed by atoms with Crippen LogP contribution < -0.4 is 4.74 Å². The SMILES string of the molecule is CCCCOc1cccc(/C=C(\C#N)C(=O)OC)c1. The van der Waals surface area contributed by atoms with Gasteiger partial charge in [-0.3, -0.25) is 0 Å². The van der Waals surface area contributed by atoms with Crippen molar-refractivity contribution in [3.05, 3.63) is 35.4 Å². The van der Waals surface area contributed by atoms with Crippen molar-refractivity contribution in [1.82, 2.24) is 0 Å². The molecule has 0 saturated heterocycles. The third kappa shape index (κ3) is 4.84. The standard InChI is InChI=1S/C15H17NO3/c1-3-4-8-19-14-7-5-6-12(10-14)9-13(11-16)15(17)18-2/h5-7,9-10H,3-4,8H2,1-2H3/b13-9+. The summed E-state index contributed by atoms with van der Waals surface area (Å²) >= 11 is 0. The Morgan fingerprint density at radius 1 is 1.47 bits per heavy atom. The fraction of sp³-hybridized carbons (Fsp3) is 0.333. The minimum Gasteiger partial charge on any atom is -0.494 e. The Balaban J connectivity index is 2.84. The van der Waals surface area contributed by atoms with Crippen LogP contribution in [-0.4, -0.2) is 19.7 Å². The number of nitriles is 1. The predicted molar refractivity (Wildman–Crippen MR) is 72.5 cm³/mol. The van der Waals surface area contributed by atoms with Crippen molar-refractivity contribution in [3.63, 3.8) is 0 Å². The van der Waals surface area contributed by atoms with Crippen LogP contribution in [0.3, 0.4) is 0 Å². The number of methoxy groups -OCH3 is 1. The molecule has 0 bridgehead atoms. The minimum absolute atomic E-state index is 0.0341. The molecule has 1 rings (SSSR count). The topological polar surface area (TPSA) is 59.3 Å². The van der Waals surface area contributed by atoms with Crippen LogP contribution >= 0.6 is 0 Å². The maximum atomic E-state index is 11.3. The summed E-state index contributed by atoms with van der Waals surface area (Å²) in [6.45, 7) is 2.75. The first-order valence-electron chi connectivity index (χ1n) is 6.14. The Hall–Kier alpha value is -2.28. The number of rotatable bonds is 6. The molecule has 0 radical (unpaired) electrons. The Morgan fingerprint density at radius 3 is 2.89 bits per heavy atom. The summed E-state index contributed by atoms with van der Waals surface area (Å²) in [4.78, 5) is 11.3. The van der Waals surface area contributed by atoms with E-state index in [0.29, 0.717) is 6.61 Å². The minimum atomic E-state index is -0.639. The van der Waals surface area contributed by atoms with Gasteiger partial charge in [-0.15, -0.1) is 0 Å². The number of unbranched alkanes of at least 4 members (excludes halogenated alkanes) is 1. The molecule has 0 aliphatic carbocycles. The molecule has 0 fully saturated rings. The highest BCUT2D eigenvalue weighted by Crippen LogP contribution is 2.16. The van der Waals surface area contributed by atoms with E-state index in [-0.39, 0.29) is 5.57 Å². The predicted octanol–water partition coefficient (Wildman–Crippen LogP) is 2.95. The Labute approximate surface area is 113 Å². The van der Waals surface area contributed by atoms with Gasteiger partial charge in [0.1, 0.15) is 17.4 Å². The normalized spacial score (nSPS) is 10.7. The second-order valence-corrected chi connectivity index (χ2v) is 3.94.